The van der Waals surface area contributed by atoms with Crippen molar-refractivity contribution in [2.75, 3.05) is 26.8 Å². The zero-order chi connectivity index (χ0) is 16.9. The summed E-state index contributed by atoms with van der Waals surface area (Å²) in [7, 11) is 1.52. The lowest BCUT2D eigenvalue weighted by Gasteiger charge is -2.36. The van der Waals surface area contributed by atoms with Gasteiger partial charge < -0.3 is 14.6 Å². The van der Waals surface area contributed by atoms with Gasteiger partial charge in [0.1, 0.15) is 0 Å². The lowest BCUT2D eigenvalue weighted by Crippen LogP contribution is -2.40. The van der Waals surface area contributed by atoms with Crippen molar-refractivity contribution in [2.45, 2.75) is 26.3 Å². The molecular weight excluding hydrogens is 296 g/mol. The molecule has 1 atom stereocenters. The first kappa shape index (κ1) is 17.1. The molecule has 0 saturated carbocycles. The number of aliphatic carboxylic acids is 1. The first-order chi connectivity index (χ1) is 11.0. The Morgan fingerprint density at radius 2 is 2.26 bits per heavy atom. The maximum Gasteiger partial charge on any atom is 0.341 e. The van der Waals surface area contributed by atoms with Crippen LogP contribution in [0.2, 0.25) is 0 Å². The highest BCUT2D eigenvalue weighted by atomic mass is 16.5. The van der Waals surface area contributed by atoms with Crippen LogP contribution < -0.4 is 9.47 Å². The highest BCUT2D eigenvalue weighted by molar-refractivity contribution is 5.68. The predicted molar refractivity (Wildman–Crippen MR) is 84.4 cm³/mol. The van der Waals surface area contributed by atoms with E-state index in [1.54, 1.807) is 12.1 Å². The number of benzene rings is 1. The van der Waals surface area contributed by atoms with Crippen LogP contribution in [0.15, 0.2) is 18.2 Å². The van der Waals surface area contributed by atoms with E-state index in [4.69, 9.17) is 14.6 Å². The minimum Gasteiger partial charge on any atom is -0.493 e. The van der Waals surface area contributed by atoms with E-state index in [1.807, 2.05) is 13.0 Å². The summed E-state index contributed by atoms with van der Waals surface area (Å²) in [5.41, 5.74) is 0.710. The van der Waals surface area contributed by atoms with Crippen LogP contribution in [-0.2, 0) is 11.3 Å². The Labute approximate surface area is 136 Å². The van der Waals surface area contributed by atoms with Gasteiger partial charge >= 0.3 is 5.97 Å². The molecule has 1 N–H and O–H groups in total. The van der Waals surface area contributed by atoms with E-state index in [-0.39, 0.29) is 5.41 Å². The van der Waals surface area contributed by atoms with E-state index in [1.165, 1.54) is 7.11 Å². The number of rotatable bonds is 6. The highest BCUT2D eigenvalue weighted by Crippen LogP contribution is 2.31. The van der Waals surface area contributed by atoms with Gasteiger partial charge in [-0.1, -0.05) is 6.07 Å². The molecule has 1 aromatic carbocycles. The number of hydrogen-bond acceptors (Lipinski definition) is 5. The molecule has 1 heterocycles. The topological polar surface area (TPSA) is 82.8 Å². The van der Waals surface area contributed by atoms with Crippen molar-refractivity contribution in [2.24, 2.45) is 5.41 Å². The van der Waals surface area contributed by atoms with Crippen LogP contribution in [0.5, 0.6) is 11.5 Å². The Balaban J connectivity index is 2.09. The number of hydrogen-bond donors (Lipinski definition) is 1. The first-order valence-corrected chi connectivity index (χ1v) is 7.61. The number of methoxy groups -OCH3 is 1. The van der Waals surface area contributed by atoms with Crippen molar-refractivity contribution in [3.8, 4) is 17.6 Å². The van der Waals surface area contributed by atoms with Crippen molar-refractivity contribution < 1.29 is 19.4 Å². The molecule has 0 unspecified atom stereocenters. The second kappa shape index (κ2) is 7.34. The van der Waals surface area contributed by atoms with Gasteiger partial charge in [0, 0.05) is 13.1 Å². The molecule has 1 aliphatic heterocycles. The van der Waals surface area contributed by atoms with E-state index >= 15 is 0 Å². The quantitative estimate of drug-likeness (QED) is 0.866. The third-order valence-electron chi connectivity index (χ3n) is 4.03. The molecule has 1 saturated heterocycles. The molecule has 124 valence electrons. The predicted octanol–water partition coefficient (Wildman–Crippen LogP) is 2.28. The molecule has 0 aliphatic carbocycles. The van der Waals surface area contributed by atoms with Gasteiger partial charge in [-0.25, -0.2) is 4.79 Å². The lowest BCUT2D eigenvalue weighted by molar-refractivity contribution is -0.139. The number of carboxylic acids is 1. The Morgan fingerprint density at radius 1 is 1.48 bits per heavy atom. The summed E-state index contributed by atoms with van der Waals surface area (Å²) in [6.45, 7) is 3.98. The SMILES string of the molecule is COc1ccc(CN2CCC[C@@](C)(C#N)C2)cc1OCC(=O)O. The van der Waals surface area contributed by atoms with Gasteiger partial charge in [0.15, 0.2) is 18.1 Å². The molecule has 2 rings (SSSR count). The Hall–Kier alpha value is -2.26. The minimum atomic E-state index is -1.03. The van der Waals surface area contributed by atoms with Crippen molar-refractivity contribution >= 4 is 5.97 Å². The maximum atomic E-state index is 10.7. The van der Waals surface area contributed by atoms with Gasteiger partial charge in [0.05, 0.1) is 18.6 Å². The van der Waals surface area contributed by atoms with E-state index in [9.17, 15) is 10.1 Å². The average molecular weight is 318 g/mol. The zero-order valence-corrected chi connectivity index (χ0v) is 13.5. The second-order valence-electron chi connectivity index (χ2n) is 6.15. The second-order valence-corrected chi connectivity index (χ2v) is 6.15. The summed E-state index contributed by atoms with van der Waals surface area (Å²) in [6.07, 6.45) is 1.93. The van der Waals surface area contributed by atoms with E-state index in [0.29, 0.717) is 18.0 Å². The van der Waals surface area contributed by atoms with E-state index in [2.05, 4.69) is 11.0 Å². The number of carbonyl (C=O) groups is 1. The fourth-order valence-electron chi connectivity index (χ4n) is 2.90. The van der Waals surface area contributed by atoms with E-state index < -0.39 is 12.6 Å². The van der Waals surface area contributed by atoms with Gasteiger partial charge in [-0.3, -0.25) is 4.90 Å². The van der Waals surface area contributed by atoms with Crippen molar-refractivity contribution in [1.29, 1.82) is 5.26 Å². The highest BCUT2D eigenvalue weighted by Gasteiger charge is 2.30. The van der Waals surface area contributed by atoms with Crippen LogP contribution in [-0.4, -0.2) is 42.8 Å². The van der Waals surface area contributed by atoms with Gasteiger partial charge in [-0.15, -0.1) is 0 Å². The monoisotopic (exact) mass is 318 g/mol. The minimum absolute atomic E-state index is 0.298. The molecule has 0 aromatic heterocycles. The number of piperidine rings is 1. The molecule has 23 heavy (non-hydrogen) atoms. The fourth-order valence-corrected chi connectivity index (χ4v) is 2.90. The van der Waals surface area contributed by atoms with Crippen LogP contribution >= 0.6 is 0 Å². The molecule has 0 bridgehead atoms. The number of likely N-dealkylation sites (tertiary alicyclic amines) is 1. The van der Waals surface area contributed by atoms with Crippen molar-refractivity contribution in [3.63, 3.8) is 0 Å². The molecule has 1 fully saturated rings. The van der Waals surface area contributed by atoms with Crippen molar-refractivity contribution in [1.82, 2.24) is 4.90 Å². The average Bonchev–Trinajstić information content (AvgIpc) is 2.53. The van der Waals surface area contributed by atoms with Crippen molar-refractivity contribution in [3.05, 3.63) is 23.8 Å². The normalized spacial score (nSPS) is 21.4. The smallest absolute Gasteiger partial charge is 0.341 e. The summed E-state index contributed by atoms with van der Waals surface area (Å²) in [6, 6.07) is 7.93. The van der Waals surface area contributed by atoms with Gasteiger partial charge in [-0.2, -0.15) is 5.26 Å². The molecule has 1 aliphatic rings. The summed E-state index contributed by atoms with van der Waals surface area (Å²) >= 11 is 0. The van der Waals surface area contributed by atoms with Gasteiger partial charge in [0.2, 0.25) is 0 Å². The largest absolute Gasteiger partial charge is 0.493 e. The van der Waals surface area contributed by atoms with Crippen LogP contribution in [0.25, 0.3) is 0 Å². The molecule has 0 spiro atoms. The summed E-state index contributed by atoms with van der Waals surface area (Å²) in [5, 5.41) is 18.0. The summed E-state index contributed by atoms with van der Waals surface area (Å²) in [5.74, 6) is -0.0961. The summed E-state index contributed by atoms with van der Waals surface area (Å²) in [4.78, 5) is 12.9. The fraction of sp³-hybridized carbons (Fsp3) is 0.529. The first-order valence-electron chi connectivity index (χ1n) is 7.61. The van der Waals surface area contributed by atoms with Crippen LogP contribution in [0, 0.1) is 16.7 Å². The lowest BCUT2D eigenvalue weighted by atomic mass is 9.83. The molecule has 6 heteroatoms. The van der Waals surface area contributed by atoms with Gasteiger partial charge in [0.25, 0.3) is 0 Å². The number of carboxylic acid groups (broad SMARTS) is 1. The molecule has 6 nitrogen and oxygen atoms in total. The van der Waals surface area contributed by atoms with E-state index in [0.717, 1.165) is 31.5 Å². The number of nitrogens with zero attached hydrogens (tertiary/aromatic N) is 2. The molecule has 1 aromatic rings. The standard InChI is InChI=1S/C17H22N2O4/c1-17(11-18)6-3-7-19(12-17)9-13-4-5-14(22-2)15(8-13)23-10-16(20)21/h4-5,8H,3,6-7,9-10,12H2,1-2H3,(H,20,21)/t17-/m0/s1. The number of ether oxygens (including phenoxy) is 2. The third kappa shape index (κ3) is 4.60. The molecule has 0 radical (unpaired) electrons. The maximum absolute atomic E-state index is 10.7. The summed E-state index contributed by atoms with van der Waals surface area (Å²) < 4.78 is 10.5. The Bertz CT molecular complexity index is 611. The Kier molecular flexibility index (Phi) is 5.45. The molecular formula is C17H22N2O4. The van der Waals surface area contributed by atoms with Crippen LogP contribution in [0.4, 0.5) is 0 Å². The van der Waals surface area contributed by atoms with Gasteiger partial charge in [-0.05, 0) is 44.0 Å². The van der Waals surface area contributed by atoms with Crippen LogP contribution in [0.3, 0.4) is 0 Å². The molecule has 0 amide bonds. The van der Waals surface area contributed by atoms with Crippen LogP contribution in [0.1, 0.15) is 25.3 Å². The zero-order valence-electron chi connectivity index (χ0n) is 13.5. The third-order valence-corrected chi connectivity index (χ3v) is 4.03. The Morgan fingerprint density at radius 3 is 2.91 bits per heavy atom. The number of nitriles is 1.